The minimum Gasteiger partial charge on any atom is -0.477 e. The van der Waals surface area contributed by atoms with E-state index in [4.69, 9.17) is 5.11 Å². The fourth-order valence-corrected chi connectivity index (χ4v) is 2.25. The van der Waals surface area contributed by atoms with Gasteiger partial charge in [-0.15, -0.1) is 11.3 Å². The molecule has 0 bridgehead atoms. The number of carboxylic acid groups (broad SMARTS) is 1. The third-order valence-electron chi connectivity index (χ3n) is 2.29. The molecular formula is C12H12N2O2S. The highest BCUT2D eigenvalue weighted by Gasteiger charge is 2.10. The van der Waals surface area contributed by atoms with Crippen molar-refractivity contribution in [3.8, 4) is 0 Å². The van der Waals surface area contributed by atoms with Crippen molar-refractivity contribution in [1.29, 1.82) is 0 Å². The topological polar surface area (TPSA) is 62.2 Å². The van der Waals surface area contributed by atoms with Crippen LogP contribution in [0.25, 0.3) is 0 Å². The number of hydrogen-bond acceptors (Lipinski definition) is 4. The van der Waals surface area contributed by atoms with Crippen molar-refractivity contribution < 1.29 is 9.90 Å². The fraction of sp³-hybridized carbons (Fsp3) is 0.167. The van der Waals surface area contributed by atoms with Gasteiger partial charge in [-0.2, -0.15) is 0 Å². The number of pyridine rings is 1. The van der Waals surface area contributed by atoms with Gasteiger partial charge in [-0.25, -0.2) is 4.79 Å². The van der Waals surface area contributed by atoms with E-state index in [0.29, 0.717) is 18.0 Å². The molecule has 0 fully saturated rings. The Kier molecular flexibility index (Phi) is 3.85. The quantitative estimate of drug-likeness (QED) is 0.851. The predicted molar refractivity (Wildman–Crippen MR) is 66.1 cm³/mol. The summed E-state index contributed by atoms with van der Waals surface area (Å²) in [5.41, 5.74) is 1.76. The van der Waals surface area contributed by atoms with Gasteiger partial charge in [0.05, 0.1) is 5.69 Å². The maximum absolute atomic E-state index is 10.9. The van der Waals surface area contributed by atoms with Gasteiger partial charge in [0.15, 0.2) is 0 Å². The largest absolute Gasteiger partial charge is 0.477 e. The molecule has 0 aliphatic rings. The van der Waals surface area contributed by atoms with Crippen molar-refractivity contribution in [1.82, 2.24) is 10.3 Å². The predicted octanol–water partition coefficient (Wildman–Crippen LogP) is 2.13. The number of rotatable bonds is 5. The lowest BCUT2D eigenvalue weighted by Gasteiger charge is -2.03. The van der Waals surface area contributed by atoms with Gasteiger partial charge in [-0.05, 0) is 29.1 Å². The average Bonchev–Trinajstić information content (AvgIpc) is 2.79. The first-order valence-electron chi connectivity index (χ1n) is 5.17. The van der Waals surface area contributed by atoms with Gasteiger partial charge in [0.25, 0.3) is 0 Å². The Hall–Kier alpha value is -1.72. The first-order chi connectivity index (χ1) is 8.27. The summed E-state index contributed by atoms with van der Waals surface area (Å²) in [6.07, 6.45) is 1.74. The molecule has 0 aliphatic carbocycles. The van der Waals surface area contributed by atoms with Crippen LogP contribution in [0.15, 0.2) is 35.8 Å². The first-order valence-corrected chi connectivity index (χ1v) is 6.05. The van der Waals surface area contributed by atoms with E-state index in [1.807, 2.05) is 24.3 Å². The average molecular weight is 248 g/mol. The zero-order valence-electron chi connectivity index (χ0n) is 9.09. The molecule has 0 amide bonds. The van der Waals surface area contributed by atoms with Crippen LogP contribution >= 0.6 is 11.3 Å². The molecule has 0 aliphatic heterocycles. The molecule has 88 valence electrons. The summed E-state index contributed by atoms with van der Waals surface area (Å²) >= 11 is 1.25. The van der Waals surface area contributed by atoms with E-state index in [9.17, 15) is 4.79 Å². The summed E-state index contributed by atoms with van der Waals surface area (Å²) in [6.45, 7) is 1.18. The number of aromatic nitrogens is 1. The molecule has 0 unspecified atom stereocenters. The Labute approximate surface area is 103 Å². The molecule has 0 spiro atoms. The highest BCUT2D eigenvalue weighted by atomic mass is 32.1. The van der Waals surface area contributed by atoms with Crippen molar-refractivity contribution in [3.05, 3.63) is 52.0 Å². The molecule has 0 saturated heterocycles. The lowest BCUT2D eigenvalue weighted by atomic mass is 10.2. The van der Waals surface area contributed by atoms with E-state index in [0.717, 1.165) is 11.3 Å². The first kappa shape index (κ1) is 11.8. The summed E-state index contributed by atoms with van der Waals surface area (Å²) in [5, 5.41) is 13.9. The number of aromatic carboxylic acids is 1. The second-order valence-corrected chi connectivity index (χ2v) is 4.42. The smallest absolute Gasteiger partial charge is 0.346 e. The van der Waals surface area contributed by atoms with E-state index in [-0.39, 0.29) is 0 Å². The minimum atomic E-state index is -0.866. The van der Waals surface area contributed by atoms with E-state index in [1.165, 1.54) is 11.3 Å². The summed E-state index contributed by atoms with van der Waals surface area (Å²) in [5.74, 6) is -0.866. The lowest BCUT2D eigenvalue weighted by molar-refractivity contribution is 0.0701. The SMILES string of the molecule is O=C(O)c1sccc1CNCc1ccccn1. The molecule has 2 N–H and O–H groups in total. The van der Waals surface area contributed by atoms with Gasteiger partial charge in [0, 0.05) is 19.3 Å². The molecule has 5 heteroatoms. The van der Waals surface area contributed by atoms with Crippen LogP contribution in [0.5, 0.6) is 0 Å². The van der Waals surface area contributed by atoms with Crippen LogP contribution in [0.2, 0.25) is 0 Å². The van der Waals surface area contributed by atoms with Crippen LogP contribution in [0.4, 0.5) is 0 Å². The molecule has 0 saturated carbocycles. The molecule has 2 aromatic rings. The molecular weight excluding hydrogens is 236 g/mol. The van der Waals surface area contributed by atoms with Crippen molar-refractivity contribution >= 4 is 17.3 Å². The Balaban J connectivity index is 1.90. The Morgan fingerprint density at radius 2 is 2.24 bits per heavy atom. The van der Waals surface area contributed by atoms with E-state index in [2.05, 4.69) is 10.3 Å². The molecule has 2 aromatic heterocycles. The van der Waals surface area contributed by atoms with E-state index >= 15 is 0 Å². The third kappa shape index (κ3) is 3.12. The molecule has 0 atom stereocenters. The van der Waals surface area contributed by atoms with Gasteiger partial charge < -0.3 is 10.4 Å². The van der Waals surface area contributed by atoms with Gasteiger partial charge in [-0.3, -0.25) is 4.98 Å². The summed E-state index contributed by atoms with van der Waals surface area (Å²) in [6, 6.07) is 7.56. The highest BCUT2D eigenvalue weighted by Crippen LogP contribution is 2.16. The van der Waals surface area contributed by atoms with Gasteiger partial charge in [0.2, 0.25) is 0 Å². The van der Waals surface area contributed by atoms with E-state index in [1.54, 1.807) is 11.6 Å². The number of thiophene rings is 1. The van der Waals surface area contributed by atoms with Crippen molar-refractivity contribution in [3.63, 3.8) is 0 Å². The number of nitrogens with one attached hydrogen (secondary N) is 1. The Bertz CT molecular complexity index is 496. The number of carboxylic acids is 1. The van der Waals surface area contributed by atoms with Crippen molar-refractivity contribution in [2.24, 2.45) is 0 Å². The number of nitrogens with zero attached hydrogens (tertiary/aromatic N) is 1. The van der Waals surface area contributed by atoms with Gasteiger partial charge in [-0.1, -0.05) is 6.07 Å². The minimum absolute atomic E-state index is 0.401. The van der Waals surface area contributed by atoms with Crippen molar-refractivity contribution in [2.75, 3.05) is 0 Å². The second-order valence-electron chi connectivity index (χ2n) is 3.50. The van der Waals surface area contributed by atoms with Crippen LogP contribution < -0.4 is 5.32 Å². The molecule has 4 nitrogen and oxygen atoms in total. The van der Waals surface area contributed by atoms with Crippen LogP contribution in [-0.2, 0) is 13.1 Å². The summed E-state index contributed by atoms with van der Waals surface area (Å²) in [7, 11) is 0. The fourth-order valence-electron chi connectivity index (χ4n) is 1.49. The summed E-state index contributed by atoms with van der Waals surface area (Å²) < 4.78 is 0. The zero-order valence-corrected chi connectivity index (χ0v) is 9.91. The number of carbonyl (C=O) groups is 1. The molecule has 2 rings (SSSR count). The van der Waals surface area contributed by atoms with Crippen molar-refractivity contribution in [2.45, 2.75) is 13.1 Å². The van der Waals surface area contributed by atoms with Gasteiger partial charge >= 0.3 is 5.97 Å². The van der Waals surface area contributed by atoms with Crippen LogP contribution in [0.1, 0.15) is 20.9 Å². The molecule has 17 heavy (non-hydrogen) atoms. The van der Waals surface area contributed by atoms with Gasteiger partial charge in [0.1, 0.15) is 4.88 Å². The molecule has 0 radical (unpaired) electrons. The normalized spacial score (nSPS) is 10.4. The van der Waals surface area contributed by atoms with Crippen LogP contribution in [0, 0.1) is 0 Å². The third-order valence-corrected chi connectivity index (χ3v) is 3.23. The summed E-state index contributed by atoms with van der Waals surface area (Å²) in [4.78, 5) is 15.5. The van der Waals surface area contributed by atoms with E-state index < -0.39 is 5.97 Å². The Morgan fingerprint density at radius 1 is 1.35 bits per heavy atom. The molecule has 0 aromatic carbocycles. The zero-order chi connectivity index (χ0) is 12.1. The lowest BCUT2D eigenvalue weighted by Crippen LogP contribution is -2.14. The highest BCUT2D eigenvalue weighted by molar-refractivity contribution is 7.12. The second kappa shape index (κ2) is 5.56. The number of hydrogen-bond donors (Lipinski definition) is 2. The molecule has 2 heterocycles. The van der Waals surface area contributed by atoms with Crippen LogP contribution in [0.3, 0.4) is 0 Å². The maximum atomic E-state index is 10.9. The maximum Gasteiger partial charge on any atom is 0.346 e. The Morgan fingerprint density at radius 3 is 2.94 bits per heavy atom. The van der Waals surface area contributed by atoms with Crippen LogP contribution in [-0.4, -0.2) is 16.1 Å². The monoisotopic (exact) mass is 248 g/mol. The standard InChI is InChI=1S/C12H12N2O2S/c15-12(16)11-9(4-6-17-11)7-13-8-10-3-1-2-5-14-10/h1-6,13H,7-8H2,(H,15,16).